The van der Waals surface area contributed by atoms with Gasteiger partial charge in [0.05, 0.1) is 11.2 Å². The predicted octanol–water partition coefficient (Wildman–Crippen LogP) is 3.93. The van der Waals surface area contributed by atoms with Gasteiger partial charge in [0.15, 0.2) is 0 Å². The van der Waals surface area contributed by atoms with Crippen LogP contribution in [-0.4, -0.2) is 104 Å². The van der Waals surface area contributed by atoms with Crippen LogP contribution >= 0.6 is 0 Å². The van der Waals surface area contributed by atoms with Crippen molar-refractivity contribution in [2.75, 3.05) is 19.7 Å². The molecule has 47 heavy (non-hydrogen) atoms. The van der Waals surface area contributed by atoms with Crippen LogP contribution in [0.3, 0.4) is 0 Å². The minimum absolute atomic E-state index is 0.0493. The van der Waals surface area contributed by atoms with Crippen molar-refractivity contribution in [3.63, 3.8) is 0 Å². The highest BCUT2D eigenvalue weighted by molar-refractivity contribution is 5.94. The van der Waals surface area contributed by atoms with E-state index in [-0.39, 0.29) is 17.6 Å². The van der Waals surface area contributed by atoms with Crippen molar-refractivity contribution < 1.29 is 78.7 Å². The van der Waals surface area contributed by atoms with Gasteiger partial charge in [0.1, 0.15) is 0 Å². The second-order valence-electron chi connectivity index (χ2n) is 9.66. The summed E-state index contributed by atoms with van der Waals surface area (Å²) in [6.45, 7) is 3.54. The number of nitrogens with zero attached hydrogens (tertiary/aromatic N) is 3. The summed E-state index contributed by atoms with van der Waals surface area (Å²) in [5, 5.41) is 24.5. The van der Waals surface area contributed by atoms with Gasteiger partial charge < -0.3 is 25.4 Å². The molecule has 4 heterocycles. The van der Waals surface area contributed by atoms with Gasteiger partial charge in [0.2, 0.25) is 0 Å². The molecule has 2 aliphatic heterocycles. The second-order valence-corrected chi connectivity index (χ2v) is 9.66. The average molecular weight is 695 g/mol. The van der Waals surface area contributed by atoms with E-state index in [9.17, 15) is 44.3 Å². The third kappa shape index (κ3) is 15.5. The van der Waals surface area contributed by atoms with E-state index in [0.717, 1.165) is 38.9 Å². The van der Waals surface area contributed by atoms with Crippen molar-refractivity contribution in [2.45, 2.75) is 56.0 Å². The summed E-state index contributed by atoms with van der Waals surface area (Å²) >= 11 is 0. The summed E-state index contributed by atoms with van der Waals surface area (Å²) in [5.41, 5.74) is 1.74. The van der Waals surface area contributed by atoms with Crippen molar-refractivity contribution in [3.8, 4) is 0 Å². The highest BCUT2D eigenvalue weighted by Gasteiger charge is 2.43. The van der Waals surface area contributed by atoms with Crippen LogP contribution in [-0.2, 0) is 25.7 Å². The standard InChI is InChI=1S/C20H24N4O2.3C2HF3O2/c25-19(17-2-1-7-22-13-17)23-18-5-11-26-20(12-18)6-10-24(15-20)14-16-3-8-21-9-4-16;3*3-2(4,5)1(6)7/h1-4,7-9,13,18H,5-6,10-12,14-15H2,(H,23,25);3*(H,6,7)/t18-,20-;;;/m1.../s1. The average Bonchev–Trinajstić information content (AvgIpc) is 3.34. The Labute approximate surface area is 259 Å². The third-order valence-corrected chi connectivity index (χ3v) is 6.03. The summed E-state index contributed by atoms with van der Waals surface area (Å²) in [4.78, 5) is 49.6. The number of aliphatic carboxylic acids is 3. The lowest BCUT2D eigenvalue weighted by Crippen LogP contribution is -2.49. The number of aromatic nitrogens is 2. The number of pyridine rings is 2. The molecule has 0 saturated carbocycles. The van der Waals surface area contributed by atoms with E-state index in [1.165, 1.54) is 5.56 Å². The minimum atomic E-state index is -5.08. The Kier molecular flexibility index (Phi) is 15.0. The summed E-state index contributed by atoms with van der Waals surface area (Å²) in [6, 6.07) is 7.85. The van der Waals surface area contributed by atoms with Crippen LogP contribution in [0.25, 0.3) is 0 Å². The van der Waals surface area contributed by atoms with Crippen LogP contribution < -0.4 is 5.32 Å². The minimum Gasteiger partial charge on any atom is -0.475 e. The van der Waals surface area contributed by atoms with E-state index in [0.29, 0.717) is 12.2 Å². The lowest BCUT2D eigenvalue weighted by atomic mass is 9.89. The van der Waals surface area contributed by atoms with Crippen molar-refractivity contribution in [2.24, 2.45) is 0 Å². The normalized spacial score (nSPS) is 19.5. The van der Waals surface area contributed by atoms with Gasteiger partial charge in [-0.15, -0.1) is 0 Å². The van der Waals surface area contributed by atoms with Gasteiger partial charge in [-0.2, -0.15) is 39.5 Å². The van der Waals surface area contributed by atoms with Gasteiger partial charge in [0, 0.05) is 57.1 Å². The van der Waals surface area contributed by atoms with Crippen LogP contribution in [0.1, 0.15) is 35.2 Å². The molecule has 2 atom stereocenters. The molecular weight excluding hydrogens is 667 g/mol. The number of amides is 1. The quantitative estimate of drug-likeness (QED) is 0.341. The van der Waals surface area contributed by atoms with E-state index < -0.39 is 36.4 Å². The summed E-state index contributed by atoms with van der Waals surface area (Å²) in [5.74, 6) is -8.32. The lowest BCUT2D eigenvalue weighted by Gasteiger charge is -2.38. The highest BCUT2D eigenvalue weighted by atomic mass is 19.4. The maximum absolute atomic E-state index is 12.4. The maximum atomic E-state index is 12.4. The molecule has 2 saturated heterocycles. The number of nitrogens with one attached hydrogen (secondary N) is 1. The molecule has 0 unspecified atom stereocenters. The number of hydrogen-bond donors (Lipinski definition) is 4. The fraction of sp³-hybridized carbons (Fsp3) is 0.462. The molecule has 0 radical (unpaired) electrons. The van der Waals surface area contributed by atoms with Gasteiger partial charge in [-0.05, 0) is 49.1 Å². The van der Waals surface area contributed by atoms with E-state index in [1.807, 2.05) is 12.4 Å². The molecule has 262 valence electrons. The molecule has 2 aliphatic rings. The zero-order valence-corrected chi connectivity index (χ0v) is 23.8. The number of halogens is 9. The first-order valence-corrected chi connectivity index (χ1v) is 12.9. The molecule has 2 aromatic heterocycles. The molecule has 2 aromatic rings. The molecule has 1 spiro atoms. The SMILES string of the molecule is O=C(N[C@@H]1CCO[C@]2(CCN(Cc3ccncc3)C2)C1)c1cccnc1.O=C(O)C(F)(F)F.O=C(O)C(F)(F)F.O=C(O)C(F)(F)F. The topological polar surface area (TPSA) is 179 Å². The van der Waals surface area contributed by atoms with Crippen LogP contribution in [0.5, 0.6) is 0 Å². The van der Waals surface area contributed by atoms with Crippen LogP contribution in [0.4, 0.5) is 39.5 Å². The number of carbonyl (C=O) groups excluding carboxylic acids is 1. The van der Waals surface area contributed by atoms with E-state index in [2.05, 4.69) is 32.3 Å². The van der Waals surface area contributed by atoms with Crippen molar-refractivity contribution in [1.82, 2.24) is 20.2 Å². The van der Waals surface area contributed by atoms with E-state index >= 15 is 0 Å². The highest BCUT2D eigenvalue weighted by Crippen LogP contribution is 2.35. The molecule has 2 fully saturated rings. The molecule has 4 N–H and O–H groups in total. The maximum Gasteiger partial charge on any atom is 0.490 e. The zero-order chi connectivity index (χ0) is 36.1. The van der Waals surface area contributed by atoms with Gasteiger partial charge >= 0.3 is 36.4 Å². The van der Waals surface area contributed by atoms with Crippen LogP contribution in [0.15, 0.2) is 49.1 Å². The predicted molar refractivity (Wildman–Crippen MR) is 139 cm³/mol. The summed E-state index contributed by atoms with van der Waals surface area (Å²) in [7, 11) is 0. The Morgan fingerprint density at radius 2 is 1.36 bits per heavy atom. The van der Waals surface area contributed by atoms with Crippen molar-refractivity contribution >= 4 is 23.8 Å². The molecular formula is C26H27F9N4O8. The Bertz CT molecular complexity index is 1260. The molecule has 21 heteroatoms. The number of likely N-dealkylation sites (tertiary alicyclic amines) is 1. The first kappa shape index (κ1) is 40.5. The Balaban J connectivity index is 0.000000430. The third-order valence-electron chi connectivity index (χ3n) is 6.03. The number of rotatable bonds is 4. The van der Waals surface area contributed by atoms with Gasteiger partial charge in [-0.25, -0.2) is 14.4 Å². The summed E-state index contributed by atoms with van der Waals surface area (Å²) < 4.78 is 101. The van der Waals surface area contributed by atoms with Crippen LogP contribution in [0.2, 0.25) is 0 Å². The Morgan fingerprint density at radius 1 is 0.851 bits per heavy atom. The molecule has 1 amide bonds. The Hall–Kier alpha value is -4.53. The first-order chi connectivity index (χ1) is 21.6. The number of hydrogen-bond acceptors (Lipinski definition) is 8. The smallest absolute Gasteiger partial charge is 0.475 e. The first-order valence-electron chi connectivity index (χ1n) is 12.9. The fourth-order valence-corrected chi connectivity index (χ4v) is 4.01. The molecule has 0 bridgehead atoms. The van der Waals surface area contributed by atoms with Crippen LogP contribution in [0, 0.1) is 0 Å². The Morgan fingerprint density at radius 3 is 1.81 bits per heavy atom. The molecule has 4 rings (SSSR count). The summed E-state index contributed by atoms with van der Waals surface area (Å²) in [6.07, 6.45) is -5.56. The largest absolute Gasteiger partial charge is 0.490 e. The van der Waals surface area contributed by atoms with Gasteiger partial charge in [-0.3, -0.25) is 19.7 Å². The second kappa shape index (κ2) is 17.4. The van der Waals surface area contributed by atoms with Gasteiger partial charge in [0.25, 0.3) is 5.91 Å². The molecule has 0 aliphatic carbocycles. The number of ether oxygens (including phenoxy) is 1. The van der Waals surface area contributed by atoms with Crippen molar-refractivity contribution in [1.29, 1.82) is 0 Å². The number of carboxylic acids is 3. The number of carboxylic acid groups (broad SMARTS) is 3. The molecule has 0 aromatic carbocycles. The fourth-order valence-electron chi connectivity index (χ4n) is 4.01. The number of alkyl halides is 9. The monoisotopic (exact) mass is 694 g/mol. The lowest BCUT2D eigenvalue weighted by molar-refractivity contribution is -0.193. The zero-order valence-electron chi connectivity index (χ0n) is 23.8. The molecule has 12 nitrogen and oxygen atoms in total. The van der Waals surface area contributed by atoms with Crippen molar-refractivity contribution in [3.05, 3.63) is 60.2 Å². The van der Waals surface area contributed by atoms with Gasteiger partial charge in [-0.1, -0.05) is 0 Å². The van der Waals surface area contributed by atoms with E-state index in [4.69, 9.17) is 34.4 Å². The number of carbonyl (C=O) groups is 4. The van der Waals surface area contributed by atoms with E-state index in [1.54, 1.807) is 24.5 Å².